The fourth-order valence-corrected chi connectivity index (χ4v) is 4.45. The van der Waals surface area contributed by atoms with Crippen molar-refractivity contribution in [2.75, 3.05) is 25.0 Å². The zero-order chi connectivity index (χ0) is 19.6. The molecule has 9 heteroatoms. The average molecular weight is 394 g/mol. The monoisotopic (exact) mass is 394 g/mol. The maximum absolute atomic E-state index is 12.4. The van der Waals surface area contributed by atoms with E-state index < -0.39 is 0 Å². The second-order valence-corrected chi connectivity index (χ2v) is 7.95. The van der Waals surface area contributed by atoms with E-state index in [4.69, 9.17) is 0 Å². The Morgan fingerprint density at radius 3 is 3.03 bits per heavy atom. The summed E-state index contributed by atoms with van der Waals surface area (Å²) in [6.45, 7) is 3.38. The van der Waals surface area contributed by atoms with Gasteiger partial charge in [0.15, 0.2) is 5.65 Å². The highest BCUT2D eigenvalue weighted by molar-refractivity contribution is 5.43. The second kappa shape index (κ2) is 7.90. The molecule has 152 valence electrons. The number of piperidine rings is 1. The predicted octanol–water partition coefficient (Wildman–Crippen LogP) is 1.14. The predicted molar refractivity (Wildman–Crippen MR) is 109 cm³/mol. The summed E-state index contributed by atoms with van der Waals surface area (Å²) in [7, 11) is 0. The van der Waals surface area contributed by atoms with Crippen LogP contribution in [0.1, 0.15) is 36.9 Å². The molecule has 0 bridgehead atoms. The summed E-state index contributed by atoms with van der Waals surface area (Å²) in [5.41, 5.74) is 3.02. The molecule has 1 aliphatic carbocycles. The lowest BCUT2D eigenvalue weighted by Gasteiger charge is -2.35. The standard InChI is InChI=1S/C20H26N8O/c29-20-12-15-4-3-6-17(15)24-27(20)11-10-26-9-2-1-5-16(26)13-21-18-7-8-19-23-22-14-28(19)25-18/h7-8,12,14,16H,1-6,9-11,13H2,(H,21,25). The number of fused-ring (bicyclic) bond motifs is 2. The van der Waals surface area contributed by atoms with E-state index in [0.717, 1.165) is 68.0 Å². The summed E-state index contributed by atoms with van der Waals surface area (Å²) in [5, 5.41) is 20.4. The van der Waals surface area contributed by atoms with Crippen molar-refractivity contribution in [3.63, 3.8) is 0 Å². The maximum atomic E-state index is 12.4. The van der Waals surface area contributed by atoms with E-state index in [2.05, 4.69) is 30.6 Å². The van der Waals surface area contributed by atoms with Crippen molar-refractivity contribution in [1.82, 2.24) is 34.5 Å². The van der Waals surface area contributed by atoms with Gasteiger partial charge in [-0.25, -0.2) is 4.68 Å². The van der Waals surface area contributed by atoms with Gasteiger partial charge in [-0.05, 0) is 56.3 Å². The quantitative estimate of drug-likeness (QED) is 0.670. The van der Waals surface area contributed by atoms with E-state index in [-0.39, 0.29) is 5.56 Å². The number of nitrogens with zero attached hydrogens (tertiary/aromatic N) is 7. The fraction of sp³-hybridized carbons (Fsp3) is 0.550. The van der Waals surface area contributed by atoms with E-state index in [1.54, 1.807) is 21.6 Å². The van der Waals surface area contributed by atoms with Gasteiger partial charge in [-0.3, -0.25) is 9.69 Å². The largest absolute Gasteiger partial charge is 0.367 e. The molecule has 0 aromatic carbocycles. The topological polar surface area (TPSA) is 93.2 Å². The highest BCUT2D eigenvalue weighted by Gasteiger charge is 2.23. The van der Waals surface area contributed by atoms with Crippen LogP contribution in [0.15, 0.2) is 29.3 Å². The molecule has 0 radical (unpaired) electrons. The van der Waals surface area contributed by atoms with Crippen molar-refractivity contribution in [1.29, 1.82) is 0 Å². The van der Waals surface area contributed by atoms with Crippen LogP contribution in [0.4, 0.5) is 5.82 Å². The number of anilines is 1. The van der Waals surface area contributed by atoms with Gasteiger partial charge in [0, 0.05) is 25.2 Å². The molecule has 29 heavy (non-hydrogen) atoms. The third kappa shape index (κ3) is 3.87. The van der Waals surface area contributed by atoms with Crippen LogP contribution in [0.3, 0.4) is 0 Å². The summed E-state index contributed by atoms with van der Waals surface area (Å²) in [4.78, 5) is 14.9. The first-order valence-corrected chi connectivity index (χ1v) is 10.5. The minimum absolute atomic E-state index is 0.0313. The molecule has 1 saturated heterocycles. The molecule has 3 aromatic rings. The molecule has 2 aliphatic rings. The maximum Gasteiger partial charge on any atom is 0.267 e. The van der Waals surface area contributed by atoms with Gasteiger partial charge in [0.1, 0.15) is 12.1 Å². The Morgan fingerprint density at radius 2 is 2.07 bits per heavy atom. The fourth-order valence-electron chi connectivity index (χ4n) is 4.45. The molecule has 1 fully saturated rings. The minimum atomic E-state index is 0.0313. The highest BCUT2D eigenvalue weighted by atomic mass is 16.1. The third-order valence-corrected chi connectivity index (χ3v) is 6.05. The molecule has 1 unspecified atom stereocenters. The normalized spacial score (nSPS) is 19.5. The van der Waals surface area contributed by atoms with Crippen molar-refractivity contribution in [2.24, 2.45) is 0 Å². The zero-order valence-electron chi connectivity index (χ0n) is 16.5. The molecule has 3 aromatic heterocycles. The molecule has 0 saturated carbocycles. The van der Waals surface area contributed by atoms with E-state index in [1.165, 1.54) is 12.8 Å². The molecule has 1 atom stereocenters. The van der Waals surface area contributed by atoms with Gasteiger partial charge in [0.25, 0.3) is 5.56 Å². The first kappa shape index (κ1) is 18.2. The summed E-state index contributed by atoms with van der Waals surface area (Å²) in [6.07, 6.45) is 8.29. The zero-order valence-corrected chi connectivity index (χ0v) is 16.5. The molecular weight excluding hydrogens is 368 g/mol. The van der Waals surface area contributed by atoms with Crippen LogP contribution in [0.2, 0.25) is 0 Å². The number of aryl methyl sites for hydroxylation is 2. The van der Waals surface area contributed by atoms with Gasteiger partial charge in [-0.15, -0.1) is 15.3 Å². The lowest BCUT2D eigenvalue weighted by Crippen LogP contribution is -2.45. The molecule has 5 rings (SSSR count). The number of rotatable bonds is 6. The first-order valence-electron chi connectivity index (χ1n) is 10.5. The molecular formula is C20H26N8O. The lowest BCUT2D eigenvalue weighted by atomic mass is 10.0. The van der Waals surface area contributed by atoms with Crippen molar-refractivity contribution in [3.05, 3.63) is 46.1 Å². The Kier molecular flexibility index (Phi) is 4.97. The van der Waals surface area contributed by atoms with Gasteiger partial charge < -0.3 is 5.32 Å². The van der Waals surface area contributed by atoms with Crippen molar-refractivity contribution in [2.45, 2.75) is 51.1 Å². The van der Waals surface area contributed by atoms with Gasteiger partial charge in [0.2, 0.25) is 0 Å². The first-order chi connectivity index (χ1) is 14.3. The van der Waals surface area contributed by atoms with E-state index in [0.29, 0.717) is 12.6 Å². The lowest BCUT2D eigenvalue weighted by molar-refractivity contribution is 0.148. The Balaban J connectivity index is 1.22. The van der Waals surface area contributed by atoms with E-state index in [1.807, 2.05) is 12.1 Å². The molecule has 0 spiro atoms. The van der Waals surface area contributed by atoms with Crippen LogP contribution in [-0.2, 0) is 19.4 Å². The Morgan fingerprint density at radius 1 is 1.10 bits per heavy atom. The van der Waals surface area contributed by atoms with Crippen LogP contribution in [0, 0.1) is 0 Å². The molecule has 4 heterocycles. The Bertz CT molecular complexity index is 1060. The van der Waals surface area contributed by atoms with Gasteiger partial charge >= 0.3 is 0 Å². The van der Waals surface area contributed by atoms with Crippen molar-refractivity contribution in [3.8, 4) is 0 Å². The number of aromatic nitrogens is 6. The van der Waals surface area contributed by atoms with Crippen molar-refractivity contribution >= 4 is 11.5 Å². The third-order valence-electron chi connectivity index (χ3n) is 6.05. The van der Waals surface area contributed by atoms with Gasteiger partial charge in [-0.2, -0.15) is 9.61 Å². The van der Waals surface area contributed by atoms with Crippen molar-refractivity contribution < 1.29 is 0 Å². The minimum Gasteiger partial charge on any atom is -0.367 e. The van der Waals surface area contributed by atoms with Crippen LogP contribution in [0.5, 0.6) is 0 Å². The molecule has 9 nitrogen and oxygen atoms in total. The number of nitrogens with one attached hydrogen (secondary N) is 1. The van der Waals surface area contributed by atoms with Crippen LogP contribution in [0.25, 0.3) is 5.65 Å². The number of likely N-dealkylation sites (tertiary alicyclic amines) is 1. The van der Waals surface area contributed by atoms with E-state index >= 15 is 0 Å². The summed E-state index contributed by atoms with van der Waals surface area (Å²) >= 11 is 0. The second-order valence-electron chi connectivity index (χ2n) is 7.95. The summed E-state index contributed by atoms with van der Waals surface area (Å²) in [5.74, 6) is 0.819. The molecule has 0 amide bonds. The smallest absolute Gasteiger partial charge is 0.267 e. The van der Waals surface area contributed by atoms with Gasteiger partial charge in [-0.1, -0.05) is 6.42 Å². The highest BCUT2D eigenvalue weighted by Crippen LogP contribution is 2.19. The number of hydrogen-bond donors (Lipinski definition) is 1. The summed E-state index contributed by atoms with van der Waals surface area (Å²) < 4.78 is 3.33. The van der Waals surface area contributed by atoms with Gasteiger partial charge in [0.05, 0.1) is 12.2 Å². The Labute approximate surface area is 168 Å². The van der Waals surface area contributed by atoms with Crippen LogP contribution in [-0.4, -0.2) is 60.2 Å². The molecule has 1 N–H and O–H groups in total. The van der Waals surface area contributed by atoms with Crippen LogP contribution < -0.4 is 10.9 Å². The Hall–Kier alpha value is -2.81. The average Bonchev–Trinajstić information content (AvgIpc) is 3.39. The SMILES string of the molecule is O=c1cc2c(nn1CCN1CCCCC1CNc1ccc3nncn3n1)CCC2. The van der Waals surface area contributed by atoms with E-state index in [9.17, 15) is 4.79 Å². The number of hydrogen-bond acceptors (Lipinski definition) is 7. The molecule has 1 aliphatic heterocycles. The van der Waals surface area contributed by atoms with Crippen LogP contribution >= 0.6 is 0 Å². The summed E-state index contributed by atoms with van der Waals surface area (Å²) in [6, 6.07) is 6.06.